The molecule has 2 aliphatic rings. The van der Waals surface area contributed by atoms with E-state index in [0.717, 1.165) is 23.4 Å². The van der Waals surface area contributed by atoms with Gasteiger partial charge in [-0.05, 0) is 38.0 Å². The first-order valence-corrected chi connectivity index (χ1v) is 11.0. The van der Waals surface area contributed by atoms with Gasteiger partial charge in [0.1, 0.15) is 17.5 Å². The van der Waals surface area contributed by atoms with Crippen LogP contribution in [0.5, 0.6) is 0 Å². The van der Waals surface area contributed by atoms with Crippen LogP contribution in [0.15, 0.2) is 27.9 Å². The van der Waals surface area contributed by atoms with Gasteiger partial charge in [0.2, 0.25) is 0 Å². The monoisotopic (exact) mass is 477 g/mol. The van der Waals surface area contributed by atoms with E-state index in [4.69, 9.17) is 11.6 Å². The lowest BCUT2D eigenvalue weighted by atomic mass is 9.92. The van der Waals surface area contributed by atoms with Crippen molar-refractivity contribution in [3.63, 3.8) is 0 Å². The molecule has 1 saturated heterocycles. The summed E-state index contributed by atoms with van der Waals surface area (Å²) in [5.74, 6) is 1.30. The standard InChI is InChI=1S/C23H23F4N5O2/c1-10-20(16(27)9-31-21(10)17(11-2-3-11)22(33)32(29)23(31)34)30-5-4-12(8-30)19(28)18-14(25)6-13(24)7-15(18)26/h6-7,9,11-12,19H,2-5,8,28-29H2,1H3. The first kappa shape index (κ1) is 22.5. The van der Waals surface area contributed by atoms with Crippen LogP contribution in [0.1, 0.15) is 47.9 Å². The van der Waals surface area contributed by atoms with Crippen molar-refractivity contribution in [2.45, 2.75) is 38.1 Å². The number of benzene rings is 1. The number of nitrogen functional groups attached to an aromatic ring is 1. The highest BCUT2D eigenvalue weighted by molar-refractivity contribution is 5.72. The molecule has 34 heavy (non-hydrogen) atoms. The fourth-order valence-corrected chi connectivity index (χ4v) is 5.15. The molecule has 1 aliphatic heterocycles. The number of anilines is 1. The maximum atomic E-state index is 15.3. The number of rotatable bonds is 4. The number of aromatic nitrogens is 2. The molecule has 4 N–H and O–H groups in total. The zero-order chi connectivity index (χ0) is 24.5. The largest absolute Gasteiger partial charge is 0.368 e. The summed E-state index contributed by atoms with van der Waals surface area (Å²) in [6, 6.07) is 0.0995. The normalized spacial score (nSPS) is 19.2. The Balaban J connectivity index is 1.56. The van der Waals surface area contributed by atoms with Crippen LogP contribution in [0.4, 0.5) is 23.2 Å². The minimum absolute atomic E-state index is 0.0564. The molecule has 2 aromatic heterocycles. The summed E-state index contributed by atoms with van der Waals surface area (Å²) >= 11 is 0. The van der Waals surface area contributed by atoms with E-state index in [2.05, 4.69) is 0 Å². The molecule has 180 valence electrons. The lowest BCUT2D eigenvalue weighted by molar-refractivity contribution is 0.425. The molecule has 0 radical (unpaired) electrons. The van der Waals surface area contributed by atoms with Crippen LogP contribution in [0.3, 0.4) is 0 Å². The molecule has 1 saturated carbocycles. The summed E-state index contributed by atoms with van der Waals surface area (Å²) in [5, 5.41) is 0. The van der Waals surface area contributed by atoms with Gasteiger partial charge in [0, 0.05) is 48.0 Å². The highest BCUT2D eigenvalue weighted by Gasteiger charge is 2.36. The molecule has 7 nitrogen and oxygen atoms in total. The van der Waals surface area contributed by atoms with Crippen LogP contribution in [-0.4, -0.2) is 22.2 Å². The van der Waals surface area contributed by atoms with Crippen LogP contribution in [0, 0.1) is 36.1 Å². The Bertz CT molecular complexity index is 1420. The van der Waals surface area contributed by atoms with Crippen molar-refractivity contribution in [3.8, 4) is 0 Å². The van der Waals surface area contributed by atoms with Gasteiger partial charge >= 0.3 is 5.69 Å². The maximum Gasteiger partial charge on any atom is 0.354 e. The highest BCUT2D eigenvalue weighted by atomic mass is 19.1. The topological polar surface area (TPSA) is 98.8 Å². The fourth-order valence-electron chi connectivity index (χ4n) is 5.15. The second-order valence-electron chi connectivity index (χ2n) is 9.12. The van der Waals surface area contributed by atoms with Gasteiger partial charge in [-0.3, -0.25) is 9.20 Å². The Morgan fingerprint density at radius 2 is 1.68 bits per heavy atom. The van der Waals surface area contributed by atoms with Crippen molar-refractivity contribution in [2.75, 3.05) is 23.8 Å². The van der Waals surface area contributed by atoms with E-state index in [0.29, 0.717) is 46.4 Å². The van der Waals surface area contributed by atoms with E-state index in [1.165, 1.54) is 0 Å². The first-order valence-electron chi connectivity index (χ1n) is 11.0. The second-order valence-corrected chi connectivity index (χ2v) is 9.12. The molecule has 1 aromatic carbocycles. The molecule has 2 fully saturated rings. The molecular weight excluding hydrogens is 454 g/mol. The van der Waals surface area contributed by atoms with Crippen molar-refractivity contribution in [1.29, 1.82) is 0 Å². The molecule has 2 unspecified atom stereocenters. The fraction of sp³-hybridized carbons (Fsp3) is 0.391. The van der Waals surface area contributed by atoms with E-state index in [1.54, 1.807) is 11.8 Å². The van der Waals surface area contributed by atoms with Gasteiger partial charge in [0.05, 0.1) is 17.4 Å². The Morgan fingerprint density at radius 1 is 1.03 bits per heavy atom. The van der Waals surface area contributed by atoms with E-state index in [1.807, 2.05) is 0 Å². The average Bonchev–Trinajstić information content (AvgIpc) is 3.48. The summed E-state index contributed by atoms with van der Waals surface area (Å²) in [6.45, 7) is 2.15. The van der Waals surface area contributed by atoms with Crippen LogP contribution in [-0.2, 0) is 0 Å². The third kappa shape index (κ3) is 3.37. The van der Waals surface area contributed by atoms with Gasteiger partial charge in [-0.1, -0.05) is 0 Å². The van der Waals surface area contributed by atoms with Crippen molar-refractivity contribution < 1.29 is 17.6 Å². The zero-order valence-electron chi connectivity index (χ0n) is 18.3. The van der Waals surface area contributed by atoms with E-state index in [-0.39, 0.29) is 18.2 Å². The van der Waals surface area contributed by atoms with Crippen molar-refractivity contribution in [3.05, 3.63) is 79.1 Å². The number of hydrogen-bond acceptors (Lipinski definition) is 5. The maximum absolute atomic E-state index is 15.3. The second kappa shape index (κ2) is 7.86. The predicted molar refractivity (Wildman–Crippen MR) is 118 cm³/mol. The predicted octanol–water partition coefficient (Wildman–Crippen LogP) is 2.44. The number of fused-ring (bicyclic) bond motifs is 1. The molecule has 3 aromatic rings. The average molecular weight is 477 g/mol. The highest BCUT2D eigenvalue weighted by Crippen LogP contribution is 2.42. The molecule has 0 spiro atoms. The van der Waals surface area contributed by atoms with Crippen LogP contribution in [0.2, 0.25) is 0 Å². The summed E-state index contributed by atoms with van der Waals surface area (Å²) in [5.41, 5.74) is 5.63. The van der Waals surface area contributed by atoms with E-state index < -0.39 is 52.0 Å². The smallest absolute Gasteiger partial charge is 0.354 e. The molecule has 0 bridgehead atoms. The molecule has 1 aliphatic carbocycles. The Hall–Kier alpha value is -3.34. The third-order valence-corrected chi connectivity index (χ3v) is 6.95. The number of hydrogen-bond donors (Lipinski definition) is 2. The number of nitrogens with zero attached hydrogens (tertiary/aromatic N) is 3. The molecule has 2 atom stereocenters. The van der Waals surface area contributed by atoms with Crippen molar-refractivity contribution in [1.82, 2.24) is 9.08 Å². The van der Waals surface area contributed by atoms with Gasteiger partial charge < -0.3 is 16.5 Å². The molecule has 11 heteroatoms. The van der Waals surface area contributed by atoms with Crippen LogP contribution in [0.25, 0.3) is 5.52 Å². The number of nitrogens with two attached hydrogens (primary N) is 2. The van der Waals surface area contributed by atoms with Crippen LogP contribution >= 0.6 is 0 Å². The van der Waals surface area contributed by atoms with E-state index >= 15 is 4.39 Å². The number of halogens is 4. The Labute approximate surface area is 191 Å². The summed E-state index contributed by atoms with van der Waals surface area (Å²) in [4.78, 5) is 27.0. The number of pyridine rings is 1. The molecule has 0 amide bonds. The van der Waals surface area contributed by atoms with Gasteiger partial charge in [0.25, 0.3) is 5.56 Å². The van der Waals surface area contributed by atoms with Crippen molar-refractivity contribution >= 4 is 11.2 Å². The minimum atomic E-state index is -1.07. The summed E-state index contributed by atoms with van der Waals surface area (Å²) in [7, 11) is 0. The Kier molecular flexibility index (Phi) is 5.19. The van der Waals surface area contributed by atoms with Gasteiger partial charge in [-0.2, -0.15) is 4.68 Å². The van der Waals surface area contributed by atoms with Gasteiger partial charge in [-0.15, -0.1) is 0 Å². The first-order chi connectivity index (χ1) is 16.1. The van der Waals surface area contributed by atoms with Crippen molar-refractivity contribution in [2.24, 2.45) is 11.7 Å². The molecule has 5 rings (SSSR count). The lowest BCUT2D eigenvalue weighted by Gasteiger charge is -2.25. The summed E-state index contributed by atoms with van der Waals surface area (Å²) in [6.07, 6.45) is 2.96. The van der Waals surface area contributed by atoms with Gasteiger partial charge in [0.15, 0.2) is 5.82 Å². The quantitative estimate of drug-likeness (QED) is 0.444. The molecule has 3 heterocycles. The SMILES string of the molecule is Cc1c(N2CCC(C(N)c3c(F)cc(F)cc3F)C2)c(F)cn2c(=O)n(N)c(=O)c(C3CC3)c12. The number of aryl methyl sites for hydroxylation is 1. The Morgan fingerprint density at radius 3 is 2.29 bits per heavy atom. The summed E-state index contributed by atoms with van der Waals surface area (Å²) < 4.78 is 58.7. The lowest BCUT2D eigenvalue weighted by Crippen LogP contribution is -2.44. The third-order valence-electron chi connectivity index (χ3n) is 6.95. The van der Waals surface area contributed by atoms with Gasteiger partial charge in [-0.25, -0.2) is 22.4 Å². The molecular formula is C23H23F4N5O2. The zero-order valence-corrected chi connectivity index (χ0v) is 18.3. The van der Waals surface area contributed by atoms with Crippen LogP contribution < -0.4 is 27.7 Å². The minimum Gasteiger partial charge on any atom is -0.368 e. The van der Waals surface area contributed by atoms with E-state index in [9.17, 15) is 22.8 Å².